The van der Waals surface area contributed by atoms with Gasteiger partial charge in [-0.1, -0.05) is 29.8 Å². The molecule has 0 aliphatic rings. The van der Waals surface area contributed by atoms with Crippen molar-refractivity contribution in [3.8, 4) is 5.75 Å². The molecule has 0 fully saturated rings. The van der Waals surface area contributed by atoms with E-state index in [-0.39, 0.29) is 5.78 Å². The van der Waals surface area contributed by atoms with Gasteiger partial charge >= 0.3 is 0 Å². The summed E-state index contributed by atoms with van der Waals surface area (Å²) in [6.45, 7) is 2.45. The number of ether oxygens (including phenoxy) is 1. The highest BCUT2D eigenvalue weighted by atomic mass is 35.5. The van der Waals surface area contributed by atoms with Crippen molar-refractivity contribution in [3.63, 3.8) is 0 Å². The monoisotopic (exact) mass is 306 g/mol. The maximum absolute atomic E-state index is 12.3. The maximum atomic E-state index is 12.3. The van der Waals surface area contributed by atoms with Gasteiger partial charge in [0.2, 0.25) is 0 Å². The Morgan fingerprint density at radius 2 is 2.00 bits per heavy atom. The number of Topliss-reactive ketones (excluding diaryl/α,β-unsaturated/α-hetero) is 1. The molecule has 0 atom stereocenters. The summed E-state index contributed by atoms with van der Waals surface area (Å²) in [6.07, 6.45) is 0. The van der Waals surface area contributed by atoms with Crippen LogP contribution in [-0.4, -0.2) is 18.1 Å². The summed E-state index contributed by atoms with van der Waals surface area (Å²) in [4.78, 5) is 13.3. The van der Waals surface area contributed by atoms with Crippen LogP contribution in [0.15, 0.2) is 53.4 Å². The van der Waals surface area contributed by atoms with Gasteiger partial charge in [-0.15, -0.1) is 11.8 Å². The van der Waals surface area contributed by atoms with E-state index in [4.69, 9.17) is 16.3 Å². The van der Waals surface area contributed by atoms with Crippen molar-refractivity contribution in [2.45, 2.75) is 11.8 Å². The molecule has 0 bridgehead atoms. The van der Waals surface area contributed by atoms with Crippen LogP contribution in [0, 0.1) is 0 Å². The molecule has 0 radical (unpaired) electrons. The minimum absolute atomic E-state index is 0.0547. The van der Waals surface area contributed by atoms with Crippen LogP contribution in [0.25, 0.3) is 0 Å². The zero-order valence-electron chi connectivity index (χ0n) is 11.1. The number of para-hydroxylation sites is 1. The van der Waals surface area contributed by atoms with Crippen LogP contribution in [0.1, 0.15) is 17.3 Å². The van der Waals surface area contributed by atoms with Crippen LogP contribution in [0.4, 0.5) is 0 Å². The van der Waals surface area contributed by atoms with Crippen LogP contribution >= 0.6 is 23.4 Å². The second-order valence-electron chi connectivity index (χ2n) is 4.10. The lowest BCUT2D eigenvalue weighted by atomic mass is 10.1. The summed E-state index contributed by atoms with van der Waals surface area (Å²) in [7, 11) is 0. The van der Waals surface area contributed by atoms with E-state index < -0.39 is 0 Å². The Morgan fingerprint density at radius 3 is 2.75 bits per heavy atom. The number of halogens is 1. The lowest BCUT2D eigenvalue weighted by Gasteiger charge is -2.09. The van der Waals surface area contributed by atoms with Crippen LogP contribution in [0.5, 0.6) is 5.75 Å². The average Bonchev–Trinajstić information content (AvgIpc) is 2.46. The third-order valence-corrected chi connectivity index (χ3v) is 3.88. The van der Waals surface area contributed by atoms with Crippen molar-refractivity contribution < 1.29 is 9.53 Å². The summed E-state index contributed by atoms with van der Waals surface area (Å²) < 4.78 is 5.48. The van der Waals surface area contributed by atoms with Gasteiger partial charge in [0.1, 0.15) is 5.75 Å². The standard InChI is InChI=1S/C16H15ClO2S/c1-2-19-16-9-4-3-8-14(16)15(18)11-20-13-7-5-6-12(17)10-13/h3-10H,2,11H2,1H3. The summed E-state index contributed by atoms with van der Waals surface area (Å²) in [5.41, 5.74) is 0.629. The predicted octanol–water partition coefficient (Wildman–Crippen LogP) is 4.71. The molecule has 0 aliphatic heterocycles. The quantitative estimate of drug-likeness (QED) is 0.571. The number of thioether (sulfide) groups is 1. The van der Waals surface area contributed by atoms with Crippen LogP contribution in [-0.2, 0) is 0 Å². The molecule has 0 amide bonds. The molecule has 0 saturated carbocycles. The van der Waals surface area contributed by atoms with Gasteiger partial charge in [0.15, 0.2) is 5.78 Å². The van der Waals surface area contributed by atoms with Crippen molar-refractivity contribution in [1.29, 1.82) is 0 Å². The van der Waals surface area contributed by atoms with E-state index in [1.54, 1.807) is 6.07 Å². The number of hydrogen-bond acceptors (Lipinski definition) is 3. The molecule has 2 aromatic carbocycles. The number of rotatable bonds is 6. The first-order chi connectivity index (χ1) is 9.70. The van der Waals surface area contributed by atoms with Crippen molar-refractivity contribution >= 4 is 29.1 Å². The Balaban J connectivity index is 2.05. The van der Waals surface area contributed by atoms with Crippen molar-refractivity contribution in [2.75, 3.05) is 12.4 Å². The second kappa shape index (κ2) is 7.36. The molecule has 0 unspecified atom stereocenters. The zero-order valence-corrected chi connectivity index (χ0v) is 12.7. The van der Waals surface area contributed by atoms with Gasteiger partial charge in [-0.3, -0.25) is 4.79 Å². The topological polar surface area (TPSA) is 26.3 Å². The SMILES string of the molecule is CCOc1ccccc1C(=O)CSc1cccc(Cl)c1. The normalized spacial score (nSPS) is 10.3. The summed E-state index contributed by atoms with van der Waals surface area (Å²) in [5, 5.41) is 0.678. The first kappa shape index (κ1) is 14.9. The molecule has 0 aliphatic carbocycles. The molecule has 20 heavy (non-hydrogen) atoms. The first-order valence-corrected chi connectivity index (χ1v) is 7.70. The van der Waals surface area contributed by atoms with Gasteiger partial charge in [-0.05, 0) is 37.3 Å². The van der Waals surface area contributed by atoms with E-state index in [1.807, 2.05) is 49.4 Å². The largest absolute Gasteiger partial charge is 0.493 e. The summed E-state index contributed by atoms with van der Waals surface area (Å²) in [5.74, 6) is 1.07. The van der Waals surface area contributed by atoms with Crippen molar-refractivity contribution in [3.05, 3.63) is 59.1 Å². The number of carbonyl (C=O) groups excluding carboxylic acids is 1. The fourth-order valence-corrected chi connectivity index (χ4v) is 2.86. The van der Waals surface area contributed by atoms with E-state index in [9.17, 15) is 4.79 Å². The molecule has 2 nitrogen and oxygen atoms in total. The fourth-order valence-electron chi connectivity index (χ4n) is 1.76. The van der Waals surface area contributed by atoms with E-state index in [1.165, 1.54) is 11.8 Å². The van der Waals surface area contributed by atoms with Gasteiger partial charge in [0, 0.05) is 9.92 Å². The van der Waals surface area contributed by atoms with Gasteiger partial charge in [0.25, 0.3) is 0 Å². The van der Waals surface area contributed by atoms with Crippen LogP contribution in [0.3, 0.4) is 0 Å². The molecule has 2 rings (SSSR count). The number of benzene rings is 2. The molecule has 0 N–H and O–H groups in total. The average molecular weight is 307 g/mol. The molecular weight excluding hydrogens is 292 g/mol. The Hall–Kier alpha value is -1.45. The van der Waals surface area contributed by atoms with E-state index in [2.05, 4.69) is 0 Å². The smallest absolute Gasteiger partial charge is 0.176 e. The molecule has 104 valence electrons. The van der Waals surface area contributed by atoms with Crippen LogP contribution in [0.2, 0.25) is 5.02 Å². The van der Waals surface area contributed by atoms with Gasteiger partial charge in [-0.2, -0.15) is 0 Å². The Labute approximate surface area is 128 Å². The first-order valence-electron chi connectivity index (χ1n) is 6.34. The van der Waals surface area contributed by atoms with E-state index in [0.717, 1.165) is 4.90 Å². The van der Waals surface area contributed by atoms with Gasteiger partial charge < -0.3 is 4.74 Å². The lowest BCUT2D eigenvalue weighted by Crippen LogP contribution is -2.06. The minimum atomic E-state index is 0.0547. The third kappa shape index (κ3) is 4.02. The van der Waals surface area contributed by atoms with E-state index in [0.29, 0.717) is 28.7 Å². The highest BCUT2D eigenvalue weighted by Crippen LogP contribution is 2.25. The van der Waals surface area contributed by atoms with Gasteiger partial charge in [0.05, 0.1) is 17.9 Å². The van der Waals surface area contributed by atoms with Crippen LogP contribution < -0.4 is 4.74 Å². The second-order valence-corrected chi connectivity index (χ2v) is 5.58. The minimum Gasteiger partial charge on any atom is -0.493 e. The predicted molar refractivity (Wildman–Crippen MR) is 84.1 cm³/mol. The fraction of sp³-hybridized carbons (Fsp3) is 0.188. The third-order valence-electron chi connectivity index (χ3n) is 2.65. The highest BCUT2D eigenvalue weighted by molar-refractivity contribution is 8.00. The maximum Gasteiger partial charge on any atom is 0.176 e. The molecule has 4 heteroatoms. The zero-order chi connectivity index (χ0) is 14.4. The number of hydrogen-bond donors (Lipinski definition) is 0. The van der Waals surface area contributed by atoms with E-state index >= 15 is 0 Å². The molecule has 0 saturated heterocycles. The number of carbonyl (C=O) groups is 1. The Morgan fingerprint density at radius 1 is 1.20 bits per heavy atom. The molecule has 0 spiro atoms. The van der Waals surface area contributed by atoms with Crippen molar-refractivity contribution in [1.82, 2.24) is 0 Å². The molecule has 2 aromatic rings. The molecule has 0 heterocycles. The number of ketones is 1. The Kier molecular flexibility index (Phi) is 5.50. The summed E-state index contributed by atoms with van der Waals surface area (Å²) in [6, 6.07) is 14.8. The Bertz CT molecular complexity index is 599. The summed E-state index contributed by atoms with van der Waals surface area (Å²) >= 11 is 7.40. The van der Waals surface area contributed by atoms with Gasteiger partial charge in [-0.25, -0.2) is 0 Å². The van der Waals surface area contributed by atoms with Crippen molar-refractivity contribution in [2.24, 2.45) is 0 Å². The molecule has 0 aromatic heterocycles. The highest BCUT2D eigenvalue weighted by Gasteiger charge is 2.12. The molecular formula is C16H15ClO2S. The lowest BCUT2D eigenvalue weighted by molar-refractivity contribution is 0.101.